The zero-order valence-electron chi connectivity index (χ0n) is 13.2. The molecule has 0 saturated carbocycles. The molecule has 23 heavy (non-hydrogen) atoms. The molecule has 1 heterocycles. The predicted molar refractivity (Wildman–Crippen MR) is 94.8 cm³/mol. The highest BCUT2D eigenvalue weighted by atomic mass is 35.5. The highest BCUT2D eigenvalue weighted by Gasteiger charge is 2.31. The second-order valence-corrected chi connectivity index (χ2v) is 6.35. The van der Waals surface area contributed by atoms with Gasteiger partial charge in [0.15, 0.2) is 0 Å². The summed E-state index contributed by atoms with van der Waals surface area (Å²) in [4.78, 5) is 14.9. The number of amides is 1. The Morgan fingerprint density at radius 2 is 1.87 bits per heavy atom. The first kappa shape index (κ1) is 15.9. The minimum Gasteiger partial charge on any atom is -0.360 e. The summed E-state index contributed by atoms with van der Waals surface area (Å²) in [6.45, 7) is 2.89. The second-order valence-electron chi connectivity index (χ2n) is 5.94. The van der Waals surface area contributed by atoms with Crippen molar-refractivity contribution in [3.8, 4) is 0 Å². The molecular formula is C19H21ClN2O. The van der Waals surface area contributed by atoms with Crippen molar-refractivity contribution in [1.29, 1.82) is 0 Å². The van der Waals surface area contributed by atoms with Gasteiger partial charge in [0.1, 0.15) is 6.04 Å². The van der Waals surface area contributed by atoms with E-state index in [2.05, 4.69) is 22.3 Å². The summed E-state index contributed by atoms with van der Waals surface area (Å²) in [5, 5.41) is 3.80. The van der Waals surface area contributed by atoms with Crippen LogP contribution in [-0.4, -0.2) is 18.5 Å². The van der Waals surface area contributed by atoms with E-state index in [1.165, 1.54) is 0 Å². The maximum Gasteiger partial charge on any atom is 0.243 e. The average molecular weight is 329 g/mol. The van der Waals surface area contributed by atoms with Crippen LogP contribution in [0.1, 0.15) is 31.4 Å². The van der Waals surface area contributed by atoms with E-state index < -0.39 is 0 Å². The number of anilines is 1. The number of benzene rings is 2. The molecule has 0 aliphatic carbocycles. The van der Waals surface area contributed by atoms with Crippen molar-refractivity contribution in [2.45, 2.75) is 31.8 Å². The molecule has 1 N–H and O–H groups in total. The van der Waals surface area contributed by atoms with Crippen molar-refractivity contribution in [1.82, 2.24) is 5.32 Å². The van der Waals surface area contributed by atoms with E-state index >= 15 is 0 Å². The Balaban J connectivity index is 1.71. The third-order valence-electron chi connectivity index (χ3n) is 4.37. The standard InChI is InChI=1S/C19H21ClN2O/c1-14(16-10-5-6-11-17(16)20)21-19(23)18-12-7-13-22(18)15-8-3-2-4-9-15/h2-6,8-11,14,18H,7,12-13H2,1H3,(H,21,23)/t14-,18-/m0/s1. The number of rotatable bonds is 4. The summed E-state index contributed by atoms with van der Waals surface area (Å²) in [7, 11) is 0. The Bertz CT molecular complexity index is 674. The highest BCUT2D eigenvalue weighted by Crippen LogP contribution is 2.27. The first-order valence-electron chi connectivity index (χ1n) is 8.03. The van der Waals surface area contributed by atoms with Gasteiger partial charge in [0.05, 0.1) is 6.04 Å². The predicted octanol–water partition coefficient (Wildman–Crippen LogP) is 4.19. The van der Waals surface area contributed by atoms with Gasteiger partial charge in [-0.2, -0.15) is 0 Å². The summed E-state index contributed by atoms with van der Waals surface area (Å²) in [6.07, 6.45) is 1.92. The van der Waals surface area contributed by atoms with Crippen LogP contribution in [0.15, 0.2) is 54.6 Å². The fourth-order valence-corrected chi connectivity index (χ4v) is 3.48. The van der Waals surface area contributed by atoms with Gasteiger partial charge in [0.25, 0.3) is 0 Å². The number of halogens is 1. The molecule has 120 valence electrons. The number of para-hydroxylation sites is 1. The van der Waals surface area contributed by atoms with Crippen molar-refractivity contribution in [2.24, 2.45) is 0 Å². The van der Waals surface area contributed by atoms with E-state index in [-0.39, 0.29) is 18.0 Å². The van der Waals surface area contributed by atoms with Crippen molar-refractivity contribution < 1.29 is 4.79 Å². The van der Waals surface area contributed by atoms with Gasteiger partial charge in [-0.3, -0.25) is 4.79 Å². The van der Waals surface area contributed by atoms with Crippen LogP contribution < -0.4 is 10.2 Å². The molecule has 0 bridgehead atoms. The molecule has 0 unspecified atom stereocenters. The van der Waals surface area contributed by atoms with E-state index in [9.17, 15) is 4.79 Å². The van der Waals surface area contributed by atoms with E-state index in [4.69, 9.17) is 11.6 Å². The molecule has 1 aliphatic heterocycles. The Hall–Kier alpha value is -2.00. The molecular weight excluding hydrogens is 308 g/mol. The third-order valence-corrected chi connectivity index (χ3v) is 4.72. The SMILES string of the molecule is C[C@H](NC(=O)[C@@H]1CCCN1c1ccccc1)c1ccccc1Cl. The van der Waals surface area contributed by atoms with Crippen LogP contribution in [0.25, 0.3) is 0 Å². The van der Waals surface area contributed by atoms with Crippen molar-refractivity contribution in [3.05, 3.63) is 65.2 Å². The number of nitrogens with one attached hydrogen (secondary N) is 1. The lowest BCUT2D eigenvalue weighted by atomic mass is 10.1. The molecule has 0 radical (unpaired) electrons. The molecule has 3 rings (SSSR count). The molecule has 2 aromatic rings. The maximum atomic E-state index is 12.7. The van der Waals surface area contributed by atoms with Crippen LogP contribution in [0.4, 0.5) is 5.69 Å². The second kappa shape index (κ2) is 7.05. The Kier molecular flexibility index (Phi) is 4.87. The zero-order valence-corrected chi connectivity index (χ0v) is 14.0. The van der Waals surface area contributed by atoms with Gasteiger partial charge in [0.2, 0.25) is 5.91 Å². The van der Waals surface area contributed by atoms with Gasteiger partial charge < -0.3 is 10.2 Å². The normalized spacial score (nSPS) is 18.7. The van der Waals surface area contributed by atoms with Crippen LogP contribution in [0.3, 0.4) is 0 Å². The van der Waals surface area contributed by atoms with Crippen LogP contribution in [0.5, 0.6) is 0 Å². The molecule has 1 aliphatic rings. The van der Waals surface area contributed by atoms with Crippen molar-refractivity contribution in [3.63, 3.8) is 0 Å². The molecule has 1 saturated heterocycles. The minimum atomic E-state index is -0.109. The van der Waals surface area contributed by atoms with Crippen molar-refractivity contribution >= 4 is 23.2 Å². The van der Waals surface area contributed by atoms with E-state index in [1.807, 2.05) is 49.4 Å². The first-order chi connectivity index (χ1) is 11.2. The topological polar surface area (TPSA) is 32.3 Å². The smallest absolute Gasteiger partial charge is 0.243 e. The molecule has 4 heteroatoms. The lowest BCUT2D eigenvalue weighted by Gasteiger charge is -2.27. The summed E-state index contributed by atoms with van der Waals surface area (Å²) in [6, 6.07) is 17.6. The summed E-state index contributed by atoms with van der Waals surface area (Å²) >= 11 is 6.23. The highest BCUT2D eigenvalue weighted by molar-refractivity contribution is 6.31. The van der Waals surface area contributed by atoms with E-state index in [0.717, 1.165) is 30.6 Å². The minimum absolute atomic E-state index is 0.0683. The Morgan fingerprint density at radius 1 is 1.17 bits per heavy atom. The number of nitrogens with zero attached hydrogens (tertiary/aromatic N) is 1. The van der Waals surface area contributed by atoms with Crippen LogP contribution in [0.2, 0.25) is 5.02 Å². The van der Waals surface area contributed by atoms with Gasteiger partial charge in [-0.05, 0) is 43.5 Å². The number of hydrogen-bond donors (Lipinski definition) is 1. The molecule has 1 fully saturated rings. The van der Waals surface area contributed by atoms with Gasteiger partial charge in [-0.25, -0.2) is 0 Å². The Morgan fingerprint density at radius 3 is 2.61 bits per heavy atom. The number of carbonyl (C=O) groups is 1. The fourth-order valence-electron chi connectivity index (χ4n) is 3.18. The molecule has 2 atom stereocenters. The molecule has 3 nitrogen and oxygen atoms in total. The van der Waals surface area contributed by atoms with Crippen molar-refractivity contribution in [2.75, 3.05) is 11.4 Å². The molecule has 0 spiro atoms. The first-order valence-corrected chi connectivity index (χ1v) is 8.41. The third kappa shape index (κ3) is 3.50. The van der Waals surface area contributed by atoms with Gasteiger partial charge >= 0.3 is 0 Å². The van der Waals surface area contributed by atoms with E-state index in [1.54, 1.807) is 0 Å². The lowest BCUT2D eigenvalue weighted by Crippen LogP contribution is -2.44. The van der Waals surface area contributed by atoms with Crippen LogP contribution >= 0.6 is 11.6 Å². The molecule has 1 amide bonds. The number of hydrogen-bond acceptors (Lipinski definition) is 2. The maximum absolute atomic E-state index is 12.7. The largest absolute Gasteiger partial charge is 0.360 e. The average Bonchev–Trinajstić information content (AvgIpc) is 3.05. The molecule has 0 aromatic heterocycles. The quantitative estimate of drug-likeness (QED) is 0.912. The molecule has 2 aromatic carbocycles. The monoisotopic (exact) mass is 328 g/mol. The number of carbonyl (C=O) groups excluding carboxylic acids is 1. The fraction of sp³-hybridized carbons (Fsp3) is 0.316. The zero-order chi connectivity index (χ0) is 16.2. The lowest BCUT2D eigenvalue weighted by molar-refractivity contribution is -0.122. The summed E-state index contributed by atoms with van der Waals surface area (Å²) in [5.41, 5.74) is 2.06. The Labute approximate surface area is 142 Å². The van der Waals surface area contributed by atoms with Gasteiger partial charge in [-0.15, -0.1) is 0 Å². The summed E-state index contributed by atoms with van der Waals surface area (Å²) < 4.78 is 0. The summed E-state index contributed by atoms with van der Waals surface area (Å²) in [5.74, 6) is 0.0683. The van der Waals surface area contributed by atoms with E-state index in [0.29, 0.717) is 5.02 Å². The van der Waals surface area contributed by atoms with Gasteiger partial charge in [0, 0.05) is 17.3 Å². The van der Waals surface area contributed by atoms with Gasteiger partial charge in [-0.1, -0.05) is 48.0 Å². The van der Waals surface area contributed by atoms with Crippen LogP contribution in [0, 0.1) is 0 Å². The van der Waals surface area contributed by atoms with Crippen LogP contribution in [-0.2, 0) is 4.79 Å².